The van der Waals surface area contributed by atoms with Crippen LogP contribution in [0.1, 0.15) is 78.0 Å². The SMILES string of the molecule is CC.CC.CCCC.CCOC(=O)Cc1ccccc1OCc1coc2c(C)cc(Cl)cc12. The Morgan fingerprint density at radius 1 is 0.970 bits per heavy atom. The fraction of sp³-hybridized carbons (Fsp3) is 0.464. The number of esters is 1. The molecule has 0 spiro atoms. The van der Waals surface area contributed by atoms with E-state index in [0.717, 1.165) is 27.7 Å². The Balaban J connectivity index is 0.00000113. The number of para-hydroxylation sites is 1. The Morgan fingerprint density at radius 2 is 1.61 bits per heavy atom. The Bertz CT molecular complexity index is 929. The van der Waals surface area contributed by atoms with Crippen molar-refractivity contribution in [3.63, 3.8) is 0 Å². The van der Waals surface area contributed by atoms with Gasteiger partial charge in [-0.1, -0.05) is 84.2 Å². The number of furan rings is 1. The molecule has 0 aliphatic carbocycles. The van der Waals surface area contributed by atoms with Gasteiger partial charge in [-0.25, -0.2) is 0 Å². The molecule has 0 unspecified atom stereocenters. The van der Waals surface area contributed by atoms with Gasteiger partial charge in [-0.15, -0.1) is 0 Å². The molecule has 184 valence electrons. The van der Waals surface area contributed by atoms with Gasteiger partial charge in [0.15, 0.2) is 0 Å². The fourth-order valence-corrected chi connectivity index (χ4v) is 3.02. The van der Waals surface area contributed by atoms with Gasteiger partial charge in [0.2, 0.25) is 0 Å². The average Bonchev–Trinajstić information content (AvgIpc) is 3.24. The molecule has 0 bridgehead atoms. The lowest BCUT2D eigenvalue weighted by molar-refractivity contribution is -0.142. The summed E-state index contributed by atoms with van der Waals surface area (Å²) in [5.74, 6) is 0.387. The van der Waals surface area contributed by atoms with E-state index in [4.69, 9.17) is 25.5 Å². The lowest BCUT2D eigenvalue weighted by Gasteiger charge is -2.10. The molecule has 33 heavy (non-hydrogen) atoms. The van der Waals surface area contributed by atoms with Gasteiger partial charge in [0, 0.05) is 21.5 Å². The number of aryl methyl sites for hydroxylation is 1. The van der Waals surface area contributed by atoms with Gasteiger partial charge in [0.25, 0.3) is 0 Å². The van der Waals surface area contributed by atoms with E-state index in [2.05, 4.69) is 13.8 Å². The van der Waals surface area contributed by atoms with E-state index in [1.165, 1.54) is 12.8 Å². The van der Waals surface area contributed by atoms with Gasteiger partial charge >= 0.3 is 5.97 Å². The third kappa shape index (κ3) is 10.3. The number of halogens is 1. The summed E-state index contributed by atoms with van der Waals surface area (Å²) in [6.07, 6.45) is 4.50. The highest BCUT2D eigenvalue weighted by atomic mass is 35.5. The van der Waals surface area contributed by atoms with Gasteiger partial charge in [0.1, 0.15) is 17.9 Å². The quantitative estimate of drug-likeness (QED) is 0.319. The van der Waals surface area contributed by atoms with Crippen molar-refractivity contribution >= 4 is 28.5 Å². The first-order valence-corrected chi connectivity index (χ1v) is 12.4. The zero-order valence-electron chi connectivity index (χ0n) is 21.6. The standard InChI is InChI=1S/C20H19ClO4.C4H10.2C2H6/c1-3-23-19(22)9-14-6-4-5-7-18(14)24-11-15-12-25-20-13(2)8-16(21)10-17(15)20;1-3-4-2;2*1-2/h4-8,10,12H,3,9,11H2,1-2H3;3-4H2,1-2H3;2*1-2H3. The third-order valence-corrected chi connectivity index (χ3v) is 4.62. The van der Waals surface area contributed by atoms with Crippen LogP contribution in [0.15, 0.2) is 47.1 Å². The van der Waals surface area contributed by atoms with Crippen molar-refractivity contribution in [2.24, 2.45) is 0 Å². The molecule has 3 rings (SSSR count). The van der Waals surface area contributed by atoms with Crippen molar-refractivity contribution in [2.45, 2.75) is 81.3 Å². The summed E-state index contributed by atoms with van der Waals surface area (Å²) in [6.45, 7) is 16.8. The van der Waals surface area contributed by atoms with Crippen LogP contribution in [0, 0.1) is 6.92 Å². The summed E-state index contributed by atoms with van der Waals surface area (Å²) in [5.41, 5.74) is 3.49. The van der Waals surface area contributed by atoms with Gasteiger partial charge in [-0.2, -0.15) is 0 Å². The number of carbonyl (C=O) groups is 1. The number of fused-ring (bicyclic) bond motifs is 1. The van der Waals surface area contributed by atoms with E-state index in [1.54, 1.807) is 13.2 Å². The maximum Gasteiger partial charge on any atom is 0.310 e. The first kappa shape index (κ1) is 30.5. The Morgan fingerprint density at radius 3 is 2.21 bits per heavy atom. The molecule has 0 aliphatic heterocycles. The zero-order chi connectivity index (χ0) is 25.2. The number of rotatable bonds is 7. The van der Waals surface area contributed by atoms with Gasteiger partial charge in [-0.05, 0) is 37.6 Å². The molecule has 3 aromatic rings. The second kappa shape index (κ2) is 18.0. The summed E-state index contributed by atoms with van der Waals surface area (Å²) in [7, 11) is 0. The largest absolute Gasteiger partial charge is 0.488 e. The van der Waals surface area contributed by atoms with Crippen LogP contribution < -0.4 is 4.74 Å². The van der Waals surface area contributed by atoms with Crippen molar-refractivity contribution in [2.75, 3.05) is 6.61 Å². The molecule has 1 heterocycles. The first-order valence-electron chi connectivity index (χ1n) is 12.0. The van der Waals surface area contributed by atoms with Crippen LogP contribution in [0.4, 0.5) is 0 Å². The molecular formula is C28H41ClO4. The Labute approximate surface area is 205 Å². The molecule has 0 amide bonds. The number of unbranched alkanes of at least 4 members (excludes halogenated alkanes) is 1. The van der Waals surface area contributed by atoms with Crippen LogP contribution in [0.2, 0.25) is 5.02 Å². The van der Waals surface area contributed by atoms with E-state index in [-0.39, 0.29) is 12.4 Å². The van der Waals surface area contributed by atoms with Crippen LogP contribution in [-0.2, 0) is 22.6 Å². The minimum Gasteiger partial charge on any atom is -0.488 e. The molecule has 0 radical (unpaired) electrons. The van der Waals surface area contributed by atoms with E-state index in [1.807, 2.05) is 71.0 Å². The summed E-state index contributed by atoms with van der Waals surface area (Å²) >= 11 is 6.15. The van der Waals surface area contributed by atoms with Crippen LogP contribution in [0.3, 0.4) is 0 Å². The molecular weight excluding hydrogens is 436 g/mol. The normalized spacial score (nSPS) is 9.48. The number of hydrogen-bond acceptors (Lipinski definition) is 4. The van der Waals surface area contributed by atoms with Crippen molar-refractivity contribution in [1.82, 2.24) is 0 Å². The molecule has 4 nitrogen and oxygen atoms in total. The van der Waals surface area contributed by atoms with E-state index in [0.29, 0.717) is 24.0 Å². The second-order valence-electron chi connectivity index (χ2n) is 6.74. The average molecular weight is 477 g/mol. The van der Waals surface area contributed by atoms with E-state index >= 15 is 0 Å². The lowest BCUT2D eigenvalue weighted by atomic mass is 10.1. The van der Waals surface area contributed by atoms with Crippen molar-refractivity contribution in [3.8, 4) is 5.75 Å². The molecule has 5 heteroatoms. The maximum atomic E-state index is 11.7. The summed E-state index contributed by atoms with van der Waals surface area (Å²) < 4.78 is 16.6. The van der Waals surface area contributed by atoms with Gasteiger partial charge < -0.3 is 13.9 Å². The minimum atomic E-state index is -0.269. The second-order valence-corrected chi connectivity index (χ2v) is 7.17. The van der Waals surface area contributed by atoms with Gasteiger partial charge in [0.05, 0.1) is 19.3 Å². The number of ether oxygens (including phenoxy) is 2. The number of benzene rings is 2. The molecule has 0 saturated carbocycles. The van der Waals surface area contributed by atoms with Gasteiger partial charge in [-0.3, -0.25) is 4.79 Å². The highest BCUT2D eigenvalue weighted by Gasteiger charge is 2.13. The lowest BCUT2D eigenvalue weighted by Crippen LogP contribution is -2.09. The highest BCUT2D eigenvalue weighted by Crippen LogP contribution is 2.29. The third-order valence-electron chi connectivity index (χ3n) is 4.40. The molecule has 0 atom stereocenters. The fourth-order valence-electron chi connectivity index (χ4n) is 2.74. The maximum absolute atomic E-state index is 11.7. The number of hydrogen-bond donors (Lipinski definition) is 0. The topological polar surface area (TPSA) is 48.7 Å². The molecule has 2 aromatic carbocycles. The van der Waals surface area contributed by atoms with E-state index in [9.17, 15) is 4.79 Å². The summed E-state index contributed by atoms with van der Waals surface area (Å²) in [5, 5.41) is 1.60. The van der Waals surface area contributed by atoms with Crippen LogP contribution >= 0.6 is 11.6 Å². The van der Waals surface area contributed by atoms with Crippen LogP contribution in [0.5, 0.6) is 5.75 Å². The van der Waals surface area contributed by atoms with Crippen molar-refractivity contribution in [3.05, 3.63) is 64.4 Å². The molecule has 0 saturated heterocycles. The highest BCUT2D eigenvalue weighted by molar-refractivity contribution is 6.31. The monoisotopic (exact) mass is 476 g/mol. The molecule has 1 aromatic heterocycles. The van der Waals surface area contributed by atoms with Crippen molar-refractivity contribution < 1.29 is 18.7 Å². The summed E-state index contributed by atoms with van der Waals surface area (Å²) in [6, 6.07) is 11.2. The first-order chi connectivity index (χ1) is 16.0. The molecule has 0 N–H and O–H groups in total. The molecule has 0 fully saturated rings. The predicted molar refractivity (Wildman–Crippen MR) is 140 cm³/mol. The minimum absolute atomic E-state index is 0.182. The van der Waals surface area contributed by atoms with E-state index < -0.39 is 0 Å². The number of carbonyl (C=O) groups excluding carboxylic acids is 1. The Kier molecular flexibility index (Phi) is 16.7. The Hall–Kier alpha value is -2.46. The smallest absolute Gasteiger partial charge is 0.310 e. The molecule has 0 aliphatic rings. The summed E-state index contributed by atoms with van der Waals surface area (Å²) in [4.78, 5) is 11.7. The predicted octanol–water partition coefficient (Wildman–Crippen LogP) is 8.94. The van der Waals surface area contributed by atoms with Crippen LogP contribution in [-0.4, -0.2) is 12.6 Å². The van der Waals surface area contributed by atoms with Crippen LogP contribution in [0.25, 0.3) is 11.0 Å². The van der Waals surface area contributed by atoms with Crippen molar-refractivity contribution in [1.29, 1.82) is 0 Å². The zero-order valence-corrected chi connectivity index (χ0v) is 22.3.